The van der Waals surface area contributed by atoms with Gasteiger partial charge in [-0.1, -0.05) is 35.9 Å². The van der Waals surface area contributed by atoms with Gasteiger partial charge in [0.1, 0.15) is 5.75 Å². The van der Waals surface area contributed by atoms with Crippen molar-refractivity contribution in [1.29, 1.82) is 0 Å². The second-order valence-electron chi connectivity index (χ2n) is 9.54. The first-order valence-electron chi connectivity index (χ1n) is 12.6. The fourth-order valence-electron chi connectivity index (χ4n) is 5.05. The Morgan fingerprint density at radius 2 is 2.06 bits per heavy atom. The quantitative estimate of drug-likeness (QED) is 0.532. The number of carbonyl (C=O) groups is 2. The number of amides is 2. The first-order chi connectivity index (χ1) is 17.5. The van der Waals surface area contributed by atoms with E-state index in [9.17, 15) is 9.59 Å². The summed E-state index contributed by atoms with van der Waals surface area (Å²) < 4.78 is 17.1. The Balaban J connectivity index is 1.40. The van der Waals surface area contributed by atoms with Gasteiger partial charge in [-0.2, -0.15) is 0 Å². The van der Waals surface area contributed by atoms with Gasteiger partial charge < -0.3 is 24.1 Å². The molecule has 1 aromatic heterocycles. The predicted molar refractivity (Wildman–Crippen MR) is 135 cm³/mol. The molecule has 2 aromatic carbocycles. The van der Waals surface area contributed by atoms with Gasteiger partial charge in [-0.15, -0.1) is 0 Å². The number of hydrogen-bond donors (Lipinski definition) is 1. The van der Waals surface area contributed by atoms with Gasteiger partial charge in [-0.3, -0.25) is 9.59 Å². The fourth-order valence-corrected chi connectivity index (χ4v) is 5.05. The minimum Gasteiger partial charge on any atom is -0.481 e. The summed E-state index contributed by atoms with van der Waals surface area (Å²) in [4.78, 5) is 27.9. The molecule has 0 saturated carbocycles. The van der Waals surface area contributed by atoms with Crippen molar-refractivity contribution in [2.75, 3.05) is 19.7 Å². The smallest absolute Gasteiger partial charge is 0.290 e. The zero-order valence-electron chi connectivity index (χ0n) is 20.7. The predicted octanol–water partition coefficient (Wildman–Crippen LogP) is 4.44. The third-order valence-corrected chi connectivity index (χ3v) is 6.91. The van der Waals surface area contributed by atoms with Gasteiger partial charge in [-0.25, -0.2) is 0 Å². The number of benzene rings is 2. The first-order valence-corrected chi connectivity index (χ1v) is 12.6. The molecule has 0 bridgehead atoms. The number of aryl methyl sites for hydroxylation is 1. The topological polar surface area (TPSA) is 81.0 Å². The highest BCUT2D eigenvalue weighted by atomic mass is 16.5. The van der Waals surface area contributed by atoms with Crippen LogP contribution < -0.4 is 10.1 Å². The summed E-state index contributed by atoms with van der Waals surface area (Å²) in [5.41, 5.74) is 4.30. The molecule has 0 unspecified atom stereocenters. The van der Waals surface area contributed by atoms with Crippen LogP contribution in [0.15, 0.2) is 65.3 Å². The Hall–Kier alpha value is -3.58. The minimum absolute atomic E-state index is 0.0812. The normalized spacial score (nSPS) is 20.0. The highest BCUT2D eigenvalue weighted by Crippen LogP contribution is 2.38. The molecule has 3 atom stereocenters. The Morgan fingerprint density at radius 3 is 2.81 bits per heavy atom. The third kappa shape index (κ3) is 5.16. The molecule has 1 fully saturated rings. The number of fused-ring (bicyclic) bond motifs is 1. The van der Waals surface area contributed by atoms with Crippen molar-refractivity contribution in [2.24, 2.45) is 0 Å². The van der Waals surface area contributed by atoms with Gasteiger partial charge in [0, 0.05) is 19.7 Å². The Bertz CT molecular complexity index is 1220. The maximum atomic E-state index is 13.4. The van der Waals surface area contributed by atoms with Crippen molar-refractivity contribution in [2.45, 2.75) is 51.4 Å². The van der Waals surface area contributed by atoms with Crippen LogP contribution in [0.2, 0.25) is 0 Å². The third-order valence-electron chi connectivity index (χ3n) is 6.91. The summed E-state index contributed by atoms with van der Waals surface area (Å²) in [5, 5.41) is 2.93. The minimum atomic E-state index is -0.661. The van der Waals surface area contributed by atoms with Crippen molar-refractivity contribution in [1.82, 2.24) is 10.2 Å². The molecule has 5 rings (SSSR count). The van der Waals surface area contributed by atoms with E-state index in [1.807, 2.05) is 48.2 Å². The fraction of sp³-hybridized carbons (Fsp3) is 0.379. The average Bonchev–Trinajstić information content (AvgIpc) is 3.61. The van der Waals surface area contributed by atoms with E-state index < -0.39 is 6.10 Å². The SMILES string of the molecule is Cc1cccc([C@@H]2c3cc(O[C@@H](C)C(=O)NC[C@H]4CCCO4)ccc3CCN2C(=O)c2ccco2)c1. The van der Waals surface area contributed by atoms with E-state index >= 15 is 0 Å². The maximum Gasteiger partial charge on any atom is 0.290 e. The van der Waals surface area contributed by atoms with E-state index in [-0.39, 0.29) is 24.0 Å². The second-order valence-corrected chi connectivity index (χ2v) is 9.54. The Morgan fingerprint density at radius 1 is 1.17 bits per heavy atom. The maximum absolute atomic E-state index is 13.4. The molecule has 7 heteroatoms. The number of hydrogen-bond acceptors (Lipinski definition) is 5. The van der Waals surface area contributed by atoms with Gasteiger partial charge in [0.05, 0.1) is 18.4 Å². The van der Waals surface area contributed by atoms with Crippen LogP contribution >= 0.6 is 0 Å². The molecule has 3 heterocycles. The van der Waals surface area contributed by atoms with Gasteiger partial charge in [0.15, 0.2) is 11.9 Å². The van der Waals surface area contributed by atoms with E-state index in [2.05, 4.69) is 11.4 Å². The Labute approximate surface area is 211 Å². The summed E-state index contributed by atoms with van der Waals surface area (Å²) in [5.74, 6) is 0.594. The van der Waals surface area contributed by atoms with Crippen molar-refractivity contribution in [3.8, 4) is 5.75 Å². The van der Waals surface area contributed by atoms with Crippen molar-refractivity contribution in [3.63, 3.8) is 0 Å². The van der Waals surface area contributed by atoms with Gasteiger partial charge in [0.25, 0.3) is 11.8 Å². The lowest BCUT2D eigenvalue weighted by atomic mass is 9.87. The lowest BCUT2D eigenvalue weighted by molar-refractivity contribution is -0.127. The van der Waals surface area contributed by atoms with Crippen LogP contribution in [-0.4, -0.2) is 48.6 Å². The highest BCUT2D eigenvalue weighted by Gasteiger charge is 2.34. The van der Waals surface area contributed by atoms with Gasteiger partial charge in [0.2, 0.25) is 0 Å². The summed E-state index contributed by atoms with van der Waals surface area (Å²) in [7, 11) is 0. The molecule has 188 valence electrons. The molecule has 3 aromatic rings. The van der Waals surface area contributed by atoms with E-state index in [1.54, 1.807) is 19.1 Å². The number of rotatable bonds is 7. The molecule has 2 aliphatic rings. The summed E-state index contributed by atoms with van der Waals surface area (Å²) in [6.07, 6.45) is 3.66. The van der Waals surface area contributed by atoms with Gasteiger partial charge >= 0.3 is 0 Å². The highest BCUT2D eigenvalue weighted by molar-refractivity contribution is 5.92. The number of ether oxygens (including phenoxy) is 2. The standard InChI is InChI=1S/C29H32N2O5/c1-19-6-3-7-22(16-19)27-25-17-23(36-20(2)28(32)30-18-24-8-4-14-34-24)11-10-21(25)12-13-31(27)29(33)26-9-5-15-35-26/h3,5-7,9-11,15-17,20,24,27H,4,8,12-14,18H2,1-2H3,(H,30,32)/t20-,24+,27+/m0/s1. The molecular formula is C29H32N2O5. The molecule has 36 heavy (non-hydrogen) atoms. The van der Waals surface area contributed by atoms with Crippen molar-refractivity contribution >= 4 is 11.8 Å². The largest absolute Gasteiger partial charge is 0.481 e. The van der Waals surface area contributed by atoms with Crippen LogP contribution in [-0.2, 0) is 16.0 Å². The molecule has 7 nitrogen and oxygen atoms in total. The van der Waals surface area contributed by atoms with Crippen LogP contribution in [0.4, 0.5) is 0 Å². The lowest BCUT2D eigenvalue weighted by Gasteiger charge is -2.37. The monoisotopic (exact) mass is 488 g/mol. The number of nitrogens with one attached hydrogen (secondary N) is 1. The number of carbonyl (C=O) groups excluding carboxylic acids is 2. The van der Waals surface area contributed by atoms with E-state index in [4.69, 9.17) is 13.9 Å². The summed E-state index contributed by atoms with van der Waals surface area (Å²) >= 11 is 0. The van der Waals surface area contributed by atoms with Crippen molar-refractivity contribution in [3.05, 3.63) is 88.9 Å². The summed E-state index contributed by atoms with van der Waals surface area (Å²) in [6, 6.07) is 17.2. The average molecular weight is 489 g/mol. The number of furan rings is 1. The van der Waals surface area contributed by atoms with E-state index in [0.29, 0.717) is 24.6 Å². The molecule has 0 spiro atoms. The molecular weight excluding hydrogens is 456 g/mol. The van der Waals surface area contributed by atoms with Crippen LogP contribution in [0.5, 0.6) is 5.75 Å². The second kappa shape index (κ2) is 10.6. The first kappa shape index (κ1) is 24.1. The van der Waals surface area contributed by atoms with Gasteiger partial charge in [-0.05, 0) is 74.1 Å². The molecule has 2 aliphatic heterocycles. The van der Waals surface area contributed by atoms with E-state index in [0.717, 1.165) is 48.1 Å². The van der Waals surface area contributed by atoms with Crippen LogP contribution in [0.25, 0.3) is 0 Å². The molecule has 0 aliphatic carbocycles. The lowest BCUT2D eigenvalue weighted by Crippen LogP contribution is -2.41. The molecule has 1 saturated heterocycles. The summed E-state index contributed by atoms with van der Waals surface area (Å²) in [6.45, 7) is 5.62. The van der Waals surface area contributed by atoms with Crippen molar-refractivity contribution < 1.29 is 23.5 Å². The van der Waals surface area contributed by atoms with Crippen LogP contribution in [0.1, 0.15) is 58.6 Å². The zero-order chi connectivity index (χ0) is 25.1. The zero-order valence-corrected chi connectivity index (χ0v) is 20.7. The number of nitrogens with zero attached hydrogens (tertiary/aromatic N) is 1. The van der Waals surface area contributed by atoms with Crippen LogP contribution in [0, 0.1) is 6.92 Å². The molecule has 2 amide bonds. The molecule has 1 N–H and O–H groups in total. The Kier molecular flexibility index (Phi) is 7.09. The molecule has 0 radical (unpaired) electrons. The van der Waals surface area contributed by atoms with E-state index in [1.165, 1.54) is 6.26 Å². The van der Waals surface area contributed by atoms with Crippen LogP contribution in [0.3, 0.4) is 0 Å².